The molecule has 0 N–H and O–H groups in total. The standard InChI is InChI=1S/C19H22FN3O3/c1-2-26-19(24)16-11-22-23(14-5-7-25-8-6-14)17(16)15-9-13(12-3-4-12)10-21-18(15)20/h9-12,14H,2-8H2,1H3. The Bertz CT molecular complexity index is 810. The van der Waals surface area contributed by atoms with Crippen molar-refractivity contribution < 1.29 is 18.7 Å². The van der Waals surface area contributed by atoms with Crippen LogP contribution in [-0.4, -0.2) is 40.6 Å². The average Bonchev–Trinajstić information content (AvgIpc) is 3.41. The molecule has 1 aliphatic carbocycles. The zero-order valence-corrected chi connectivity index (χ0v) is 14.8. The fourth-order valence-corrected chi connectivity index (χ4v) is 3.47. The Morgan fingerprint density at radius 2 is 2.08 bits per heavy atom. The van der Waals surface area contributed by atoms with Gasteiger partial charge in [-0.15, -0.1) is 0 Å². The molecule has 0 bridgehead atoms. The van der Waals surface area contributed by atoms with Crippen LogP contribution in [0.4, 0.5) is 4.39 Å². The smallest absolute Gasteiger partial charge is 0.341 e. The number of aromatic nitrogens is 3. The summed E-state index contributed by atoms with van der Waals surface area (Å²) in [5.74, 6) is -0.641. The number of halogens is 1. The van der Waals surface area contributed by atoms with Gasteiger partial charge in [0.1, 0.15) is 5.56 Å². The van der Waals surface area contributed by atoms with Gasteiger partial charge in [-0.1, -0.05) is 0 Å². The van der Waals surface area contributed by atoms with Crippen LogP contribution in [0.25, 0.3) is 11.3 Å². The summed E-state index contributed by atoms with van der Waals surface area (Å²) in [7, 11) is 0. The summed E-state index contributed by atoms with van der Waals surface area (Å²) >= 11 is 0. The zero-order valence-electron chi connectivity index (χ0n) is 14.8. The Morgan fingerprint density at radius 3 is 2.77 bits per heavy atom. The van der Waals surface area contributed by atoms with Crippen LogP contribution in [0.3, 0.4) is 0 Å². The van der Waals surface area contributed by atoms with Gasteiger partial charge in [-0.2, -0.15) is 9.49 Å². The molecular formula is C19H22FN3O3. The van der Waals surface area contributed by atoms with Gasteiger partial charge in [0, 0.05) is 19.4 Å². The van der Waals surface area contributed by atoms with Gasteiger partial charge in [-0.05, 0) is 50.2 Å². The van der Waals surface area contributed by atoms with Crippen LogP contribution in [-0.2, 0) is 9.47 Å². The van der Waals surface area contributed by atoms with Crippen molar-refractivity contribution >= 4 is 5.97 Å². The number of esters is 1. The van der Waals surface area contributed by atoms with Gasteiger partial charge in [0.2, 0.25) is 5.95 Å². The van der Waals surface area contributed by atoms with E-state index in [0.717, 1.165) is 31.2 Å². The van der Waals surface area contributed by atoms with Crippen molar-refractivity contribution in [3.8, 4) is 11.3 Å². The molecule has 138 valence electrons. The molecule has 2 aromatic heterocycles. The highest BCUT2D eigenvalue weighted by atomic mass is 19.1. The summed E-state index contributed by atoms with van der Waals surface area (Å²) in [5.41, 5.74) is 2.08. The lowest BCUT2D eigenvalue weighted by Crippen LogP contribution is -2.22. The van der Waals surface area contributed by atoms with Crippen molar-refractivity contribution in [2.45, 2.75) is 44.6 Å². The molecule has 2 aliphatic rings. The summed E-state index contributed by atoms with van der Waals surface area (Å²) < 4.78 is 27.0. The van der Waals surface area contributed by atoms with Crippen molar-refractivity contribution in [3.63, 3.8) is 0 Å². The lowest BCUT2D eigenvalue weighted by molar-refractivity contribution is 0.0526. The van der Waals surface area contributed by atoms with E-state index >= 15 is 0 Å². The second-order valence-electron chi connectivity index (χ2n) is 6.80. The Balaban J connectivity index is 1.82. The number of nitrogens with zero attached hydrogens (tertiary/aromatic N) is 3. The highest BCUT2D eigenvalue weighted by Crippen LogP contribution is 2.42. The predicted octanol–water partition coefficient (Wildman–Crippen LogP) is 3.49. The normalized spacial score (nSPS) is 18.1. The van der Waals surface area contributed by atoms with Gasteiger partial charge in [0.15, 0.2) is 0 Å². The Labute approximate surface area is 151 Å². The first-order valence-electron chi connectivity index (χ1n) is 9.17. The van der Waals surface area contributed by atoms with E-state index < -0.39 is 11.9 Å². The topological polar surface area (TPSA) is 66.2 Å². The summed E-state index contributed by atoms with van der Waals surface area (Å²) in [5, 5.41) is 4.42. The van der Waals surface area contributed by atoms with E-state index in [4.69, 9.17) is 9.47 Å². The van der Waals surface area contributed by atoms with Gasteiger partial charge in [0.05, 0.1) is 30.1 Å². The first kappa shape index (κ1) is 17.1. The van der Waals surface area contributed by atoms with Crippen LogP contribution in [0.2, 0.25) is 0 Å². The van der Waals surface area contributed by atoms with Crippen LogP contribution in [0, 0.1) is 5.95 Å². The summed E-state index contributed by atoms with van der Waals surface area (Å²) in [6.45, 7) is 3.25. The molecule has 1 aliphatic heterocycles. The van der Waals surface area contributed by atoms with E-state index in [1.165, 1.54) is 6.20 Å². The summed E-state index contributed by atoms with van der Waals surface area (Å²) in [4.78, 5) is 16.4. The maximum absolute atomic E-state index is 14.7. The van der Waals surface area contributed by atoms with E-state index in [9.17, 15) is 9.18 Å². The molecule has 4 rings (SSSR count). The maximum Gasteiger partial charge on any atom is 0.341 e. The number of rotatable bonds is 5. The van der Waals surface area contributed by atoms with Gasteiger partial charge >= 0.3 is 5.97 Å². The number of carbonyl (C=O) groups is 1. The number of ether oxygens (including phenoxy) is 2. The molecule has 0 unspecified atom stereocenters. The Morgan fingerprint density at radius 1 is 1.31 bits per heavy atom. The largest absolute Gasteiger partial charge is 0.462 e. The van der Waals surface area contributed by atoms with E-state index in [1.54, 1.807) is 17.8 Å². The monoisotopic (exact) mass is 359 g/mol. The van der Waals surface area contributed by atoms with Crippen LogP contribution in [0.1, 0.15) is 60.5 Å². The molecule has 0 aromatic carbocycles. The second kappa shape index (κ2) is 7.15. The van der Waals surface area contributed by atoms with Gasteiger partial charge < -0.3 is 9.47 Å². The average molecular weight is 359 g/mol. The van der Waals surface area contributed by atoms with Crippen molar-refractivity contribution in [2.75, 3.05) is 19.8 Å². The first-order valence-corrected chi connectivity index (χ1v) is 9.17. The van der Waals surface area contributed by atoms with Gasteiger partial charge in [-0.3, -0.25) is 4.68 Å². The molecule has 2 fully saturated rings. The van der Waals surface area contributed by atoms with E-state index in [0.29, 0.717) is 30.4 Å². The highest BCUT2D eigenvalue weighted by molar-refractivity contribution is 5.96. The molecule has 1 saturated carbocycles. The molecule has 0 radical (unpaired) electrons. The highest BCUT2D eigenvalue weighted by Gasteiger charge is 2.30. The maximum atomic E-state index is 14.7. The molecule has 6 nitrogen and oxygen atoms in total. The third-order valence-corrected chi connectivity index (χ3v) is 4.99. The summed E-state index contributed by atoms with van der Waals surface area (Å²) in [6, 6.07) is 1.88. The van der Waals surface area contributed by atoms with Crippen molar-refractivity contribution in [3.05, 3.63) is 35.5 Å². The van der Waals surface area contributed by atoms with Crippen LogP contribution in [0.15, 0.2) is 18.5 Å². The molecule has 26 heavy (non-hydrogen) atoms. The zero-order chi connectivity index (χ0) is 18.1. The predicted molar refractivity (Wildman–Crippen MR) is 92.4 cm³/mol. The molecule has 0 spiro atoms. The van der Waals surface area contributed by atoms with Crippen molar-refractivity contribution in [1.82, 2.24) is 14.8 Å². The molecule has 0 amide bonds. The number of hydrogen-bond acceptors (Lipinski definition) is 5. The minimum absolute atomic E-state index is 0.0610. The number of carbonyl (C=O) groups excluding carboxylic acids is 1. The molecule has 7 heteroatoms. The fourth-order valence-electron chi connectivity index (χ4n) is 3.47. The first-order chi connectivity index (χ1) is 12.7. The van der Waals surface area contributed by atoms with Crippen LogP contribution in [0.5, 0.6) is 0 Å². The molecule has 0 atom stereocenters. The quantitative estimate of drug-likeness (QED) is 0.604. The van der Waals surface area contributed by atoms with Crippen molar-refractivity contribution in [1.29, 1.82) is 0 Å². The minimum Gasteiger partial charge on any atom is -0.462 e. The number of pyridine rings is 1. The second-order valence-corrected chi connectivity index (χ2v) is 6.80. The summed E-state index contributed by atoms with van der Waals surface area (Å²) in [6.07, 6.45) is 6.80. The van der Waals surface area contributed by atoms with E-state index in [2.05, 4.69) is 10.1 Å². The minimum atomic E-state index is -0.589. The van der Waals surface area contributed by atoms with E-state index in [-0.39, 0.29) is 18.2 Å². The number of hydrogen-bond donors (Lipinski definition) is 0. The van der Waals surface area contributed by atoms with Crippen LogP contribution < -0.4 is 0 Å². The SMILES string of the molecule is CCOC(=O)c1cnn(C2CCOCC2)c1-c1cc(C2CC2)cnc1F. The van der Waals surface area contributed by atoms with Crippen molar-refractivity contribution in [2.24, 2.45) is 0 Å². The molecule has 1 saturated heterocycles. The van der Waals surface area contributed by atoms with E-state index in [1.807, 2.05) is 6.07 Å². The lowest BCUT2D eigenvalue weighted by atomic mass is 10.0. The van der Waals surface area contributed by atoms with Crippen LogP contribution >= 0.6 is 0 Å². The molecule has 2 aromatic rings. The van der Waals surface area contributed by atoms with Gasteiger partial charge in [-0.25, -0.2) is 9.78 Å². The molecule has 3 heterocycles. The third kappa shape index (κ3) is 3.23. The fraction of sp³-hybridized carbons (Fsp3) is 0.526. The third-order valence-electron chi connectivity index (χ3n) is 4.99. The molecular weight excluding hydrogens is 337 g/mol. The Hall–Kier alpha value is -2.28. The Kier molecular flexibility index (Phi) is 4.72. The lowest BCUT2D eigenvalue weighted by Gasteiger charge is -2.24. The van der Waals surface area contributed by atoms with Gasteiger partial charge in [0.25, 0.3) is 0 Å².